The Hall–Kier alpha value is -2.63. The van der Waals surface area contributed by atoms with Gasteiger partial charge in [0.2, 0.25) is 0 Å². The number of anilines is 1. The number of hydrogen-bond acceptors (Lipinski definition) is 5. The summed E-state index contributed by atoms with van der Waals surface area (Å²) >= 11 is 0. The lowest BCUT2D eigenvalue weighted by Crippen LogP contribution is -2.27. The van der Waals surface area contributed by atoms with Gasteiger partial charge in [-0.1, -0.05) is 0 Å². The molecule has 0 atom stereocenters. The highest BCUT2D eigenvalue weighted by molar-refractivity contribution is 6.01. The van der Waals surface area contributed by atoms with Crippen LogP contribution in [0.2, 0.25) is 0 Å². The molecule has 1 aromatic carbocycles. The summed E-state index contributed by atoms with van der Waals surface area (Å²) in [5, 5.41) is 4.09. The van der Waals surface area contributed by atoms with E-state index in [9.17, 15) is 9.59 Å². The predicted molar refractivity (Wildman–Crippen MR) is 82.9 cm³/mol. The summed E-state index contributed by atoms with van der Waals surface area (Å²) in [6.45, 7) is 5.35. The van der Waals surface area contributed by atoms with Crippen LogP contribution in [0.5, 0.6) is 0 Å². The summed E-state index contributed by atoms with van der Waals surface area (Å²) in [6, 6.07) is 6.77. The Balaban J connectivity index is 2.32. The molecule has 0 bridgehead atoms. The van der Waals surface area contributed by atoms with Crippen LogP contribution in [0.4, 0.5) is 10.6 Å². The number of carbonyl (C=O) groups excluding carboxylic acids is 2. The van der Waals surface area contributed by atoms with Crippen LogP contribution in [0.3, 0.4) is 0 Å². The van der Waals surface area contributed by atoms with Crippen molar-refractivity contribution in [3.63, 3.8) is 0 Å². The van der Waals surface area contributed by atoms with Crippen molar-refractivity contribution in [2.45, 2.75) is 26.4 Å². The smallest absolute Gasteiger partial charge is 0.413 e. The predicted octanol–water partition coefficient (Wildman–Crippen LogP) is 3.37. The van der Waals surface area contributed by atoms with Gasteiger partial charge in [0.15, 0.2) is 0 Å². The molecule has 0 aliphatic carbocycles. The normalized spacial score (nSPS) is 11.1. The molecule has 116 valence electrons. The molecule has 6 nitrogen and oxygen atoms in total. The highest BCUT2D eigenvalue weighted by atomic mass is 16.6. The van der Waals surface area contributed by atoms with Gasteiger partial charge in [0.1, 0.15) is 11.4 Å². The number of rotatable bonds is 2. The number of pyridine rings is 1. The second-order valence-electron chi connectivity index (χ2n) is 5.71. The van der Waals surface area contributed by atoms with E-state index in [0.29, 0.717) is 16.8 Å². The van der Waals surface area contributed by atoms with Gasteiger partial charge in [0, 0.05) is 11.6 Å². The summed E-state index contributed by atoms with van der Waals surface area (Å²) in [4.78, 5) is 27.5. The van der Waals surface area contributed by atoms with E-state index in [2.05, 4.69) is 10.3 Å². The number of methoxy groups -OCH3 is 1. The van der Waals surface area contributed by atoms with E-state index in [4.69, 9.17) is 9.47 Å². The Kier molecular flexibility index (Phi) is 4.30. The molecule has 1 N–H and O–H groups in total. The van der Waals surface area contributed by atoms with Crippen LogP contribution in [0, 0.1) is 0 Å². The fraction of sp³-hybridized carbons (Fsp3) is 0.312. The molecule has 0 saturated heterocycles. The number of carbonyl (C=O) groups is 2. The SMILES string of the molecule is COC(=O)c1ccc2c(NC(=O)OC(C)(C)C)nccc2c1. The molecule has 2 aromatic rings. The Morgan fingerprint density at radius 3 is 2.55 bits per heavy atom. The topological polar surface area (TPSA) is 77.5 Å². The first kappa shape index (κ1) is 15.8. The van der Waals surface area contributed by atoms with Gasteiger partial charge in [-0.25, -0.2) is 14.6 Å². The van der Waals surface area contributed by atoms with Crippen molar-refractivity contribution in [3.05, 3.63) is 36.0 Å². The van der Waals surface area contributed by atoms with Gasteiger partial charge in [-0.05, 0) is 50.4 Å². The number of benzene rings is 1. The van der Waals surface area contributed by atoms with E-state index in [0.717, 1.165) is 5.39 Å². The van der Waals surface area contributed by atoms with Crippen LogP contribution in [-0.2, 0) is 9.47 Å². The van der Waals surface area contributed by atoms with Gasteiger partial charge in [-0.3, -0.25) is 5.32 Å². The third kappa shape index (κ3) is 3.72. The van der Waals surface area contributed by atoms with Gasteiger partial charge in [0.05, 0.1) is 12.7 Å². The zero-order chi connectivity index (χ0) is 16.3. The average molecular weight is 302 g/mol. The summed E-state index contributed by atoms with van der Waals surface area (Å²) in [5.74, 6) is -0.0384. The van der Waals surface area contributed by atoms with Gasteiger partial charge >= 0.3 is 12.1 Å². The van der Waals surface area contributed by atoms with E-state index in [1.807, 2.05) is 0 Å². The number of hydrogen-bond donors (Lipinski definition) is 1. The fourth-order valence-electron chi connectivity index (χ4n) is 1.92. The van der Waals surface area contributed by atoms with Gasteiger partial charge in [-0.2, -0.15) is 0 Å². The van der Waals surface area contributed by atoms with E-state index >= 15 is 0 Å². The number of esters is 1. The van der Waals surface area contributed by atoms with Crippen molar-refractivity contribution in [2.24, 2.45) is 0 Å². The average Bonchev–Trinajstić information content (AvgIpc) is 2.44. The van der Waals surface area contributed by atoms with E-state index in [-0.39, 0.29) is 0 Å². The van der Waals surface area contributed by atoms with Crippen LogP contribution in [0.15, 0.2) is 30.5 Å². The highest BCUT2D eigenvalue weighted by Gasteiger charge is 2.17. The number of fused-ring (bicyclic) bond motifs is 1. The van der Waals surface area contributed by atoms with E-state index in [1.165, 1.54) is 7.11 Å². The molecular formula is C16H18N2O4. The molecular weight excluding hydrogens is 284 g/mol. The van der Waals surface area contributed by atoms with Crippen LogP contribution >= 0.6 is 0 Å². The summed E-state index contributed by atoms with van der Waals surface area (Å²) < 4.78 is 9.90. The largest absolute Gasteiger partial charge is 0.465 e. The third-order valence-electron chi connectivity index (χ3n) is 2.80. The number of nitrogens with one attached hydrogen (secondary N) is 1. The lowest BCUT2D eigenvalue weighted by Gasteiger charge is -2.19. The highest BCUT2D eigenvalue weighted by Crippen LogP contribution is 2.23. The molecule has 0 aliphatic rings. The summed E-state index contributed by atoms with van der Waals surface area (Å²) in [5.41, 5.74) is -0.156. The molecule has 0 saturated carbocycles. The maximum Gasteiger partial charge on any atom is 0.413 e. The number of aromatic nitrogens is 1. The van der Waals surface area contributed by atoms with Crippen LogP contribution < -0.4 is 5.32 Å². The van der Waals surface area contributed by atoms with Gasteiger partial charge in [0.25, 0.3) is 0 Å². The second-order valence-corrected chi connectivity index (χ2v) is 5.71. The number of ether oxygens (including phenoxy) is 2. The lowest BCUT2D eigenvalue weighted by atomic mass is 10.1. The van der Waals surface area contributed by atoms with Crippen LogP contribution in [-0.4, -0.2) is 29.8 Å². The molecule has 2 rings (SSSR count). The van der Waals surface area contributed by atoms with E-state index in [1.54, 1.807) is 51.2 Å². The molecule has 1 heterocycles. The minimum Gasteiger partial charge on any atom is -0.465 e. The lowest BCUT2D eigenvalue weighted by molar-refractivity contribution is 0.0598. The minimum atomic E-state index is -0.591. The quantitative estimate of drug-likeness (QED) is 0.861. The van der Waals surface area contributed by atoms with Crippen molar-refractivity contribution in [2.75, 3.05) is 12.4 Å². The van der Waals surface area contributed by atoms with Crippen molar-refractivity contribution < 1.29 is 19.1 Å². The van der Waals surface area contributed by atoms with Crippen LogP contribution in [0.1, 0.15) is 31.1 Å². The van der Waals surface area contributed by atoms with Crippen molar-refractivity contribution >= 4 is 28.7 Å². The van der Waals surface area contributed by atoms with E-state index < -0.39 is 17.7 Å². The fourth-order valence-corrected chi connectivity index (χ4v) is 1.92. The molecule has 22 heavy (non-hydrogen) atoms. The Morgan fingerprint density at radius 2 is 1.91 bits per heavy atom. The monoisotopic (exact) mass is 302 g/mol. The standard InChI is InChI=1S/C16H18N2O4/c1-16(2,3)22-15(20)18-13-12-6-5-11(14(19)21-4)9-10(12)7-8-17-13/h5-9H,1-4H3,(H,17,18,20). The summed E-state index contributed by atoms with van der Waals surface area (Å²) in [6.07, 6.45) is 0.973. The van der Waals surface area contributed by atoms with Crippen molar-refractivity contribution in [1.82, 2.24) is 4.98 Å². The molecule has 1 aromatic heterocycles. The maximum absolute atomic E-state index is 11.8. The maximum atomic E-state index is 11.8. The molecule has 0 spiro atoms. The van der Waals surface area contributed by atoms with Crippen molar-refractivity contribution in [1.29, 1.82) is 0 Å². The Labute approximate surface area is 128 Å². The van der Waals surface area contributed by atoms with Crippen molar-refractivity contribution in [3.8, 4) is 0 Å². The third-order valence-corrected chi connectivity index (χ3v) is 2.80. The Bertz CT molecular complexity index is 720. The van der Waals surface area contributed by atoms with Crippen LogP contribution in [0.25, 0.3) is 10.8 Å². The molecule has 1 amide bonds. The minimum absolute atomic E-state index is 0.378. The molecule has 0 fully saturated rings. The Morgan fingerprint density at radius 1 is 1.18 bits per heavy atom. The first-order valence-corrected chi connectivity index (χ1v) is 6.77. The molecule has 0 radical (unpaired) electrons. The first-order chi connectivity index (χ1) is 10.3. The van der Waals surface area contributed by atoms with Gasteiger partial charge in [-0.15, -0.1) is 0 Å². The number of amides is 1. The summed E-state index contributed by atoms with van der Waals surface area (Å²) in [7, 11) is 1.33. The molecule has 0 unspecified atom stereocenters. The van der Waals surface area contributed by atoms with Gasteiger partial charge < -0.3 is 9.47 Å². The second kappa shape index (κ2) is 6.01. The first-order valence-electron chi connectivity index (χ1n) is 6.77. The zero-order valence-electron chi connectivity index (χ0n) is 13.0. The zero-order valence-corrected chi connectivity index (χ0v) is 13.0. The number of nitrogens with zero attached hydrogens (tertiary/aromatic N) is 1. The molecule has 6 heteroatoms. The molecule has 0 aliphatic heterocycles.